The fourth-order valence-electron chi connectivity index (χ4n) is 6.58. The highest BCUT2D eigenvalue weighted by Crippen LogP contribution is 2.46. The molecule has 9 nitrogen and oxygen atoms in total. The van der Waals surface area contributed by atoms with Crippen molar-refractivity contribution in [2.75, 3.05) is 44.0 Å². The summed E-state index contributed by atoms with van der Waals surface area (Å²) in [7, 11) is 4.15. The first kappa shape index (κ1) is 25.5. The van der Waals surface area contributed by atoms with E-state index in [-0.39, 0.29) is 28.2 Å². The number of pyridine rings is 1. The molecule has 7 rings (SSSR count). The van der Waals surface area contributed by atoms with Gasteiger partial charge in [0.1, 0.15) is 28.4 Å². The highest BCUT2D eigenvalue weighted by atomic mass is 35.5. The Labute approximate surface area is 238 Å². The first-order chi connectivity index (χ1) is 18.8. The molecule has 12 heteroatoms. The van der Waals surface area contributed by atoms with Gasteiger partial charge in [0.05, 0.1) is 15.9 Å². The minimum absolute atomic E-state index is 0.0231. The number of thioether (sulfide) groups is 1. The molecule has 204 valence electrons. The van der Waals surface area contributed by atoms with Gasteiger partial charge in [-0.3, -0.25) is 19.0 Å². The maximum absolute atomic E-state index is 13.6. The molecule has 2 atom stereocenters. The van der Waals surface area contributed by atoms with Gasteiger partial charge >= 0.3 is 0 Å². The molecule has 1 N–H and O–H groups in total. The molecule has 0 aromatic carbocycles. The normalized spacial score (nSPS) is 23.4. The number of fused-ring (bicyclic) bond motifs is 5. The molecular formula is C27H29ClN6O3S2. The van der Waals surface area contributed by atoms with Crippen molar-refractivity contribution in [2.24, 2.45) is 5.92 Å². The van der Waals surface area contributed by atoms with Crippen LogP contribution in [0.4, 0.5) is 11.5 Å². The number of hydrogen-bond acceptors (Lipinski definition) is 9. The molecule has 1 spiro atoms. The number of aryl methyl sites for hydroxylation is 1. The number of carbonyl (C=O) groups excluding carboxylic acids is 2. The van der Waals surface area contributed by atoms with Gasteiger partial charge in [-0.05, 0) is 51.4 Å². The molecule has 1 aliphatic carbocycles. The Morgan fingerprint density at radius 1 is 1.23 bits per heavy atom. The highest BCUT2D eigenvalue weighted by Gasteiger charge is 2.50. The molecule has 1 amide bonds. The van der Waals surface area contributed by atoms with Crippen LogP contribution in [0.25, 0.3) is 10.2 Å². The summed E-state index contributed by atoms with van der Waals surface area (Å²) in [5, 5.41) is 4.45. The Balaban J connectivity index is 1.19. The summed E-state index contributed by atoms with van der Waals surface area (Å²) >= 11 is 9.89. The smallest absolute Gasteiger partial charge is 0.275 e. The summed E-state index contributed by atoms with van der Waals surface area (Å²) in [6, 6.07) is 1.98. The number of Topliss-reactive ketones (excluding diaryl/α,β-unsaturated/α-hetero) is 1. The van der Waals surface area contributed by atoms with Gasteiger partial charge < -0.3 is 15.1 Å². The number of carbonyl (C=O) groups is 2. The number of likely N-dealkylation sites (tertiary alicyclic amines) is 1. The summed E-state index contributed by atoms with van der Waals surface area (Å²) in [5.41, 5.74) is 1.07. The van der Waals surface area contributed by atoms with Crippen LogP contribution in [0.15, 0.2) is 17.2 Å². The second kappa shape index (κ2) is 9.29. The molecule has 3 aliphatic heterocycles. The Morgan fingerprint density at radius 3 is 2.77 bits per heavy atom. The summed E-state index contributed by atoms with van der Waals surface area (Å²) in [6.45, 7) is 1.62. The molecule has 39 heavy (non-hydrogen) atoms. The van der Waals surface area contributed by atoms with Crippen LogP contribution in [0.1, 0.15) is 40.2 Å². The number of thiophene rings is 1. The number of likely N-dealkylation sites (N-methyl/N-ethyl adjacent to an activating group) is 1. The third-order valence-electron chi connectivity index (χ3n) is 8.78. The van der Waals surface area contributed by atoms with E-state index in [0.717, 1.165) is 59.6 Å². The summed E-state index contributed by atoms with van der Waals surface area (Å²) in [4.78, 5) is 55.0. The van der Waals surface area contributed by atoms with Gasteiger partial charge in [-0.2, -0.15) is 11.8 Å². The van der Waals surface area contributed by atoms with Crippen LogP contribution in [0.5, 0.6) is 0 Å². The van der Waals surface area contributed by atoms with Crippen LogP contribution >= 0.6 is 34.7 Å². The lowest BCUT2D eigenvalue weighted by atomic mass is 9.87. The summed E-state index contributed by atoms with van der Waals surface area (Å²) in [5.74, 6) is 2.18. The lowest BCUT2D eigenvalue weighted by Gasteiger charge is -2.38. The first-order valence-corrected chi connectivity index (χ1v) is 15.6. The van der Waals surface area contributed by atoms with E-state index in [2.05, 4.69) is 34.3 Å². The third-order valence-corrected chi connectivity index (χ3v) is 11.7. The maximum atomic E-state index is 13.6. The fourth-order valence-corrected chi connectivity index (χ4v) is 9.28. The van der Waals surface area contributed by atoms with E-state index in [4.69, 9.17) is 11.6 Å². The number of halogens is 1. The van der Waals surface area contributed by atoms with Crippen LogP contribution in [0, 0.1) is 5.92 Å². The Morgan fingerprint density at radius 2 is 2.05 bits per heavy atom. The fraction of sp³-hybridized carbons (Fsp3) is 0.519. The zero-order chi connectivity index (χ0) is 27.1. The van der Waals surface area contributed by atoms with Gasteiger partial charge in [-0.1, -0.05) is 11.6 Å². The number of nitrogens with zero attached hydrogens (tertiary/aromatic N) is 5. The largest absolute Gasteiger partial charge is 0.341 e. The lowest BCUT2D eigenvalue weighted by molar-refractivity contribution is -0.134. The second-order valence-electron chi connectivity index (χ2n) is 11.4. The van der Waals surface area contributed by atoms with E-state index in [1.54, 1.807) is 33.7 Å². The van der Waals surface area contributed by atoms with Gasteiger partial charge in [-0.25, -0.2) is 9.97 Å². The van der Waals surface area contributed by atoms with Gasteiger partial charge in [0.15, 0.2) is 5.78 Å². The van der Waals surface area contributed by atoms with Crippen molar-refractivity contribution in [1.82, 2.24) is 24.3 Å². The van der Waals surface area contributed by atoms with Crippen LogP contribution in [-0.2, 0) is 23.2 Å². The predicted molar refractivity (Wildman–Crippen MR) is 155 cm³/mol. The van der Waals surface area contributed by atoms with Crippen molar-refractivity contribution >= 4 is 68.1 Å². The average Bonchev–Trinajstić information content (AvgIpc) is 3.60. The van der Waals surface area contributed by atoms with Crippen LogP contribution in [0.3, 0.4) is 0 Å². The Hall–Kier alpha value is -2.47. The molecule has 2 fully saturated rings. The van der Waals surface area contributed by atoms with Crippen molar-refractivity contribution in [2.45, 2.75) is 43.7 Å². The molecule has 0 bridgehead atoms. The van der Waals surface area contributed by atoms with Crippen molar-refractivity contribution in [3.05, 3.63) is 43.9 Å². The van der Waals surface area contributed by atoms with Crippen LogP contribution < -0.4 is 10.9 Å². The van der Waals surface area contributed by atoms with Gasteiger partial charge in [-0.15, -0.1) is 11.3 Å². The number of ketones is 1. The Kier molecular flexibility index (Phi) is 6.07. The molecule has 0 unspecified atom stereocenters. The van der Waals surface area contributed by atoms with Crippen molar-refractivity contribution in [3.8, 4) is 0 Å². The zero-order valence-corrected chi connectivity index (χ0v) is 24.2. The van der Waals surface area contributed by atoms with Gasteiger partial charge in [0, 0.05) is 47.9 Å². The third kappa shape index (κ3) is 3.95. The number of nitrogens with one attached hydrogen (secondary N) is 1. The van der Waals surface area contributed by atoms with Crippen LogP contribution in [-0.4, -0.2) is 80.8 Å². The summed E-state index contributed by atoms with van der Waals surface area (Å²) in [6.07, 6.45) is 5.09. The molecular weight excluding hydrogens is 556 g/mol. The molecule has 0 saturated carbocycles. The number of anilines is 2. The van der Waals surface area contributed by atoms with E-state index in [0.29, 0.717) is 36.1 Å². The zero-order valence-electron chi connectivity index (χ0n) is 21.8. The molecule has 0 radical (unpaired) electrons. The lowest BCUT2D eigenvalue weighted by Crippen LogP contribution is -2.48. The number of hydrogen-bond donors (Lipinski definition) is 1. The quantitative estimate of drug-likeness (QED) is 0.497. The molecule has 6 heterocycles. The van der Waals surface area contributed by atoms with E-state index in [9.17, 15) is 14.4 Å². The minimum atomic E-state index is -0.471. The number of amides is 1. The van der Waals surface area contributed by atoms with Gasteiger partial charge in [0.2, 0.25) is 5.91 Å². The van der Waals surface area contributed by atoms with E-state index < -0.39 is 5.54 Å². The minimum Gasteiger partial charge on any atom is -0.341 e. The predicted octanol–water partition coefficient (Wildman–Crippen LogP) is 3.55. The van der Waals surface area contributed by atoms with Crippen molar-refractivity contribution in [1.29, 1.82) is 0 Å². The highest BCUT2D eigenvalue weighted by molar-refractivity contribution is 8.00. The number of aromatic nitrogens is 3. The SMILES string of the molecule is CN(C)[C@H]1CCN(C(=O)[C@H]2CCc3c(sc4ncnc(Nc5cc(Cl)c6n(c5=O)C5(CSC5)CC6=O)c34)C2)C1. The van der Waals surface area contributed by atoms with Crippen molar-refractivity contribution < 1.29 is 9.59 Å². The molecule has 2 saturated heterocycles. The average molecular weight is 585 g/mol. The molecule has 4 aliphatic rings. The first-order valence-electron chi connectivity index (χ1n) is 13.3. The summed E-state index contributed by atoms with van der Waals surface area (Å²) < 4.78 is 1.62. The van der Waals surface area contributed by atoms with Gasteiger partial charge in [0.25, 0.3) is 5.56 Å². The number of rotatable bonds is 4. The second-order valence-corrected chi connectivity index (χ2v) is 13.8. The van der Waals surface area contributed by atoms with Crippen molar-refractivity contribution in [3.63, 3.8) is 0 Å². The van der Waals surface area contributed by atoms with E-state index in [1.807, 2.05) is 4.90 Å². The standard InChI is InChI=1S/C27H29ClN6O3S2/c1-32(2)15-5-6-33(10-15)25(36)14-3-4-16-20(7-14)39-24-21(16)23(29-13-30-24)31-18-8-17(28)22-19(35)9-27(11-38-12-27)34(22)26(18)37/h8,13-15H,3-7,9-12H2,1-2H3,(H,29,30,31)/t14-,15-/m0/s1. The molecule has 3 aromatic heterocycles. The molecule has 3 aromatic rings. The monoisotopic (exact) mass is 584 g/mol. The van der Waals surface area contributed by atoms with E-state index >= 15 is 0 Å². The topological polar surface area (TPSA) is 100 Å². The Bertz CT molecular complexity index is 1600. The van der Waals surface area contributed by atoms with E-state index in [1.165, 1.54) is 11.2 Å². The maximum Gasteiger partial charge on any atom is 0.275 e. The van der Waals surface area contributed by atoms with Crippen LogP contribution in [0.2, 0.25) is 5.02 Å².